The molecule has 0 amide bonds. The van der Waals surface area contributed by atoms with Crippen molar-refractivity contribution in [1.82, 2.24) is 4.90 Å². The third-order valence-electron chi connectivity index (χ3n) is 3.79. The molecule has 1 aliphatic heterocycles. The first-order chi connectivity index (χ1) is 6.50. The van der Waals surface area contributed by atoms with Gasteiger partial charge in [-0.05, 0) is 59.4 Å². The number of hydrogen-bond donors (Lipinski definition) is 1. The number of nitrogens with zero attached hydrogens (tertiary/aromatic N) is 1. The smallest absolute Gasteiger partial charge is 0.0434 e. The van der Waals surface area contributed by atoms with Gasteiger partial charge in [-0.1, -0.05) is 0 Å². The van der Waals surface area contributed by atoms with E-state index >= 15 is 0 Å². The van der Waals surface area contributed by atoms with Crippen LogP contribution < -0.4 is 0 Å². The van der Waals surface area contributed by atoms with E-state index in [9.17, 15) is 0 Å². The van der Waals surface area contributed by atoms with Crippen LogP contribution in [0.2, 0.25) is 0 Å². The summed E-state index contributed by atoms with van der Waals surface area (Å²) < 4.78 is 0. The first-order valence-electron chi connectivity index (χ1n) is 5.87. The molecule has 0 aromatic carbocycles. The molecular weight excluding hydrogens is 174 g/mol. The number of rotatable bonds is 3. The molecule has 1 saturated heterocycles. The molecule has 0 aliphatic carbocycles. The van der Waals surface area contributed by atoms with Crippen LogP contribution in [0.3, 0.4) is 0 Å². The second-order valence-corrected chi connectivity index (χ2v) is 5.29. The second-order valence-electron chi connectivity index (χ2n) is 5.29. The van der Waals surface area contributed by atoms with Crippen molar-refractivity contribution in [2.75, 3.05) is 13.2 Å². The second kappa shape index (κ2) is 4.63. The van der Waals surface area contributed by atoms with Crippen molar-refractivity contribution < 1.29 is 5.11 Å². The Morgan fingerprint density at radius 1 is 1.43 bits per heavy atom. The topological polar surface area (TPSA) is 23.5 Å². The molecule has 1 N–H and O–H groups in total. The van der Waals surface area contributed by atoms with Crippen molar-refractivity contribution in [2.45, 2.75) is 58.5 Å². The summed E-state index contributed by atoms with van der Waals surface area (Å²) in [5.41, 5.74) is 0.259. The summed E-state index contributed by atoms with van der Waals surface area (Å²) in [4.78, 5) is 2.58. The van der Waals surface area contributed by atoms with Gasteiger partial charge in [-0.25, -0.2) is 0 Å². The fourth-order valence-corrected chi connectivity index (χ4v) is 2.96. The summed E-state index contributed by atoms with van der Waals surface area (Å²) in [5, 5.41) is 9.06. The molecule has 0 radical (unpaired) electrons. The summed E-state index contributed by atoms with van der Waals surface area (Å²) in [6, 6.07) is 0.617. The largest absolute Gasteiger partial charge is 0.396 e. The van der Waals surface area contributed by atoms with Crippen molar-refractivity contribution in [1.29, 1.82) is 0 Å². The van der Waals surface area contributed by atoms with Crippen molar-refractivity contribution in [3.05, 3.63) is 0 Å². The van der Waals surface area contributed by atoms with Crippen molar-refractivity contribution in [3.8, 4) is 0 Å². The maximum atomic E-state index is 9.06. The van der Waals surface area contributed by atoms with Crippen molar-refractivity contribution >= 4 is 0 Å². The minimum Gasteiger partial charge on any atom is -0.396 e. The number of aliphatic hydroxyl groups is 1. The maximum absolute atomic E-state index is 9.06. The summed E-state index contributed by atoms with van der Waals surface area (Å²) in [6.07, 6.45) is 3.51. The monoisotopic (exact) mass is 199 g/mol. The highest BCUT2D eigenvalue weighted by Crippen LogP contribution is 2.36. The molecule has 1 heterocycles. The quantitative estimate of drug-likeness (QED) is 0.753. The molecule has 14 heavy (non-hydrogen) atoms. The van der Waals surface area contributed by atoms with Crippen LogP contribution in [0.4, 0.5) is 0 Å². The first kappa shape index (κ1) is 12.0. The van der Waals surface area contributed by atoms with Crippen LogP contribution in [0.5, 0.6) is 0 Å². The molecule has 1 rings (SSSR count). The fraction of sp³-hybridized carbons (Fsp3) is 1.00. The minimum atomic E-state index is 0.259. The SMILES string of the molecule is CC(C)N1CCCC(CCO)C1(C)C. The van der Waals surface area contributed by atoms with Crippen molar-refractivity contribution in [2.24, 2.45) is 5.92 Å². The summed E-state index contributed by atoms with van der Waals surface area (Å²) in [7, 11) is 0. The Hall–Kier alpha value is -0.0800. The third-order valence-corrected chi connectivity index (χ3v) is 3.79. The van der Waals surface area contributed by atoms with E-state index in [1.807, 2.05) is 0 Å². The Labute approximate surface area is 88.3 Å². The Morgan fingerprint density at radius 3 is 2.57 bits per heavy atom. The van der Waals surface area contributed by atoms with Crippen LogP contribution in [0.25, 0.3) is 0 Å². The van der Waals surface area contributed by atoms with Gasteiger partial charge in [0.15, 0.2) is 0 Å². The average molecular weight is 199 g/mol. The van der Waals surface area contributed by atoms with E-state index in [0.717, 1.165) is 6.42 Å². The van der Waals surface area contributed by atoms with E-state index in [1.165, 1.54) is 19.4 Å². The molecule has 2 heteroatoms. The summed E-state index contributed by atoms with van der Waals surface area (Å²) in [6.45, 7) is 10.7. The Kier molecular flexibility index (Phi) is 3.96. The average Bonchev–Trinajstić information content (AvgIpc) is 2.07. The lowest BCUT2D eigenvalue weighted by molar-refractivity contribution is -0.0108. The highest BCUT2D eigenvalue weighted by atomic mass is 16.3. The van der Waals surface area contributed by atoms with Crippen LogP contribution in [0.15, 0.2) is 0 Å². The molecule has 2 nitrogen and oxygen atoms in total. The van der Waals surface area contributed by atoms with Crippen molar-refractivity contribution in [3.63, 3.8) is 0 Å². The highest BCUT2D eigenvalue weighted by molar-refractivity contribution is 4.93. The molecule has 0 bridgehead atoms. The molecular formula is C12H25NO. The Bertz CT molecular complexity index is 175. The van der Waals surface area contributed by atoms with Gasteiger partial charge in [0, 0.05) is 18.2 Å². The molecule has 1 fully saturated rings. The number of piperidine rings is 1. The van der Waals surface area contributed by atoms with E-state index < -0.39 is 0 Å². The van der Waals surface area contributed by atoms with Crippen LogP contribution in [-0.4, -0.2) is 34.7 Å². The predicted molar refractivity (Wildman–Crippen MR) is 60.3 cm³/mol. The molecule has 0 aromatic heterocycles. The van der Waals surface area contributed by atoms with Gasteiger partial charge in [-0.3, -0.25) is 4.90 Å². The lowest BCUT2D eigenvalue weighted by Gasteiger charge is -2.50. The van der Waals surface area contributed by atoms with Crippen LogP contribution in [-0.2, 0) is 0 Å². The van der Waals surface area contributed by atoms with Gasteiger partial charge in [0.1, 0.15) is 0 Å². The normalized spacial score (nSPS) is 28.3. The maximum Gasteiger partial charge on any atom is 0.0434 e. The molecule has 1 atom stereocenters. The number of aliphatic hydroxyl groups excluding tert-OH is 1. The molecule has 0 spiro atoms. The lowest BCUT2D eigenvalue weighted by atomic mass is 9.76. The van der Waals surface area contributed by atoms with Crippen LogP contribution in [0, 0.1) is 5.92 Å². The van der Waals surface area contributed by atoms with E-state index in [1.54, 1.807) is 0 Å². The third kappa shape index (κ3) is 2.29. The van der Waals surface area contributed by atoms with Gasteiger partial charge >= 0.3 is 0 Å². The summed E-state index contributed by atoms with van der Waals surface area (Å²) in [5.74, 6) is 0.656. The van der Waals surface area contributed by atoms with E-state index in [2.05, 4.69) is 32.6 Å². The van der Waals surface area contributed by atoms with Gasteiger partial charge in [0.2, 0.25) is 0 Å². The zero-order valence-electron chi connectivity index (χ0n) is 10.1. The number of likely N-dealkylation sites (tertiary alicyclic amines) is 1. The van der Waals surface area contributed by atoms with Crippen LogP contribution >= 0.6 is 0 Å². The predicted octanol–water partition coefficient (Wildman–Crippen LogP) is 2.27. The summed E-state index contributed by atoms with van der Waals surface area (Å²) >= 11 is 0. The van der Waals surface area contributed by atoms with Gasteiger partial charge in [-0.2, -0.15) is 0 Å². The van der Waals surface area contributed by atoms with E-state index in [-0.39, 0.29) is 5.54 Å². The number of hydrogen-bond acceptors (Lipinski definition) is 2. The highest BCUT2D eigenvalue weighted by Gasteiger charge is 2.38. The Morgan fingerprint density at radius 2 is 2.07 bits per heavy atom. The van der Waals surface area contributed by atoms with E-state index in [0.29, 0.717) is 18.6 Å². The fourth-order valence-electron chi connectivity index (χ4n) is 2.96. The van der Waals surface area contributed by atoms with Gasteiger partial charge < -0.3 is 5.11 Å². The molecule has 1 unspecified atom stereocenters. The molecule has 0 saturated carbocycles. The zero-order chi connectivity index (χ0) is 10.8. The van der Waals surface area contributed by atoms with Crippen LogP contribution in [0.1, 0.15) is 47.0 Å². The molecule has 0 aromatic rings. The van der Waals surface area contributed by atoms with Gasteiger partial charge in [-0.15, -0.1) is 0 Å². The lowest BCUT2D eigenvalue weighted by Crippen LogP contribution is -2.56. The Balaban J connectivity index is 2.71. The standard InChI is InChI=1S/C12H25NO/c1-10(2)13-8-5-6-11(7-9-14)12(13,3)4/h10-11,14H,5-9H2,1-4H3. The van der Waals surface area contributed by atoms with E-state index in [4.69, 9.17) is 5.11 Å². The molecule has 84 valence electrons. The van der Waals surface area contributed by atoms with Gasteiger partial charge in [0.05, 0.1) is 0 Å². The zero-order valence-corrected chi connectivity index (χ0v) is 10.1. The van der Waals surface area contributed by atoms with Gasteiger partial charge in [0.25, 0.3) is 0 Å². The first-order valence-corrected chi connectivity index (χ1v) is 5.87. The molecule has 1 aliphatic rings. The minimum absolute atomic E-state index is 0.259.